The van der Waals surface area contributed by atoms with Gasteiger partial charge < -0.3 is 15.8 Å². The number of aromatic nitrogens is 1. The van der Waals surface area contributed by atoms with Gasteiger partial charge in [0.05, 0.1) is 12.6 Å². The van der Waals surface area contributed by atoms with Crippen LogP contribution >= 0.6 is 0 Å². The minimum absolute atomic E-state index is 0.213. The summed E-state index contributed by atoms with van der Waals surface area (Å²) in [6, 6.07) is 1.21. The fourth-order valence-corrected chi connectivity index (χ4v) is 1.73. The van der Waals surface area contributed by atoms with Crippen molar-refractivity contribution in [1.29, 1.82) is 0 Å². The van der Waals surface area contributed by atoms with Gasteiger partial charge in [-0.25, -0.2) is 13.8 Å². The summed E-state index contributed by atoms with van der Waals surface area (Å²) in [5.74, 6) is -3.91. The van der Waals surface area contributed by atoms with E-state index in [1.165, 1.54) is 6.20 Å². The van der Waals surface area contributed by atoms with Crippen LogP contribution in [-0.2, 0) is 4.74 Å². The predicted molar refractivity (Wildman–Crippen MR) is 67.0 cm³/mol. The van der Waals surface area contributed by atoms with E-state index >= 15 is 0 Å². The maximum atomic E-state index is 12.7. The molecule has 4 nitrogen and oxygen atoms in total. The van der Waals surface area contributed by atoms with Crippen molar-refractivity contribution in [2.45, 2.75) is 25.3 Å². The van der Waals surface area contributed by atoms with E-state index in [1.54, 1.807) is 20.0 Å². The third kappa shape index (κ3) is 4.04. The molecule has 0 aliphatic rings. The van der Waals surface area contributed by atoms with Gasteiger partial charge in [0.25, 0.3) is 0 Å². The van der Waals surface area contributed by atoms with Crippen molar-refractivity contribution in [3.8, 4) is 0 Å². The Morgan fingerprint density at radius 1 is 1.45 bits per heavy atom. The number of hydrogen-bond acceptors (Lipinski definition) is 4. The molecule has 0 radical (unpaired) electrons. The Hall–Kier alpha value is -1.41. The molecule has 0 saturated heterocycles. The Balaban J connectivity index is 2.70. The van der Waals surface area contributed by atoms with Crippen molar-refractivity contribution >= 4 is 5.82 Å². The summed E-state index contributed by atoms with van der Waals surface area (Å²) >= 11 is 0. The molecule has 0 aliphatic heterocycles. The van der Waals surface area contributed by atoms with E-state index in [0.29, 0.717) is 5.56 Å². The highest BCUT2D eigenvalue weighted by Crippen LogP contribution is 2.25. The zero-order chi connectivity index (χ0) is 15.3. The second-order valence-corrected chi connectivity index (χ2v) is 4.34. The molecule has 8 heteroatoms. The van der Waals surface area contributed by atoms with E-state index in [1.807, 2.05) is 0 Å². The molecule has 1 heterocycles. The summed E-state index contributed by atoms with van der Waals surface area (Å²) in [6.45, 7) is 0.225. The zero-order valence-corrected chi connectivity index (χ0v) is 11.2. The van der Waals surface area contributed by atoms with Crippen LogP contribution in [0.4, 0.5) is 23.4 Å². The number of rotatable bonds is 7. The smallest absolute Gasteiger partial charge is 0.330 e. The number of nitrogens with two attached hydrogens (primary N) is 1. The first-order valence-electron chi connectivity index (χ1n) is 5.91. The third-order valence-corrected chi connectivity index (χ3v) is 2.83. The van der Waals surface area contributed by atoms with Gasteiger partial charge in [0.15, 0.2) is 0 Å². The SMILES string of the molecule is CNC(COCC(F)(F)C(F)F)c1c(C)ccnc1N. The highest BCUT2D eigenvalue weighted by atomic mass is 19.3. The summed E-state index contributed by atoms with van der Waals surface area (Å²) < 4.78 is 54.1. The quantitative estimate of drug-likeness (QED) is 0.757. The molecule has 1 unspecified atom stereocenters. The minimum atomic E-state index is -4.16. The second kappa shape index (κ2) is 6.85. The van der Waals surface area contributed by atoms with Gasteiger partial charge in [0.1, 0.15) is 12.4 Å². The molecule has 1 aromatic rings. The Bertz CT molecular complexity index is 422. The molecule has 1 rings (SSSR count). The topological polar surface area (TPSA) is 60.2 Å². The van der Waals surface area contributed by atoms with Gasteiger partial charge in [0, 0.05) is 11.8 Å². The Morgan fingerprint density at radius 2 is 2.10 bits per heavy atom. The van der Waals surface area contributed by atoms with Gasteiger partial charge in [-0.3, -0.25) is 0 Å². The molecule has 0 saturated carbocycles. The van der Waals surface area contributed by atoms with E-state index in [2.05, 4.69) is 10.3 Å². The second-order valence-electron chi connectivity index (χ2n) is 4.34. The monoisotopic (exact) mass is 295 g/mol. The molecule has 0 aliphatic carbocycles. The number of nitrogens with zero attached hydrogens (tertiary/aromatic N) is 1. The molecule has 1 aromatic heterocycles. The summed E-state index contributed by atoms with van der Waals surface area (Å²) in [5, 5.41) is 2.84. The Kier molecular flexibility index (Phi) is 5.70. The first-order chi connectivity index (χ1) is 9.29. The molecule has 0 amide bonds. The van der Waals surface area contributed by atoms with Gasteiger partial charge in [-0.2, -0.15) is 8.78 Å². The molecule has 0 aromatic carbocycles. The fraction of sp³-hybridized carbons (Fsp3) is 0.583. The maximum absolute atomic E-state index is 12.7. The highest BCUT2D eigenvalue weighted by Gasteiger charge is 2.41. The summed E-state index contributed by atoms with van der Waals surface area (Å²) in [6.07, 6.45) is -2.23. The van der Waals surface area contributed by atoms with Gasteiger partial charge in [-0.1, -0.05) is 0 Å². The van der Waals surface area contributed by atoms with Crippen LogP contribution in [0.1, 0.15) is 17.2 Å². The third-order valence-electron chi connectivity index (χ3n) is 2.83. The Morgan fingerprint density at radius 3 is 2.60 bits per heavy atom. The molecule has 3 N–H and O–H groups in total. The lowest BCUT2D eigenvalue weighted by molar-refractivity contribution is -0.167. The summed E-state index contributed by atoms with van der Waals surface area (Å²) in [4.78, 5) is 3.91. The number of aryl methyl sites for hydroxylation is 1. The molecule has 0 bridgehead atoms. The van der Waals surface area contributed by atoms with Crippen LogP contribution in [-0.4, -0.2) is 37.6 Å². The highest BCUT2D eigenvalue weighted by molar-refractivity contribution is 5.46. The molecular weight excluding hydrogens is 278 g/mol. The van der Waals surface area contributed by atoms with Crippen LogP contribution < -0.4 is 11.1 Å². The lowest BCUT2D eigenvalue weighted by atomic mass is 10.0. The number of halogens is 4. The molecule has 0 fully saturated rings. The summed E-state index contributed by atoms with van der Waals surface area (Å²) in [7, 11) is 1.59. The van der Waals surface area contributed by atoms with Crippen LogP contribution in [0.15, 0.2) is 12.3 Å². The van der Waals surface area contributed by atoms with Crippen molar-refractivity contribution in [3.63, 3.8) is 0 Å². The fourth-order valence-electron chi connectivity index (χ4n) is 1.73. The van der Waals surface area contributed by atoms with Crippen molar-refractivity contribution < 1.29 is 22.3 Å². The van der Waals surface area contributed by atoms with Crippen LogP contribution in [0.25, 0.3) is 0 Å². The Labute approximate surface area is 114 Å². The maximum Gasteiger partial charge on any atom is 0.330 e. The number of ether oxygens (including phenoxy) is 1. The molecular formula is C12H17F4N3O. The number of pyridine rings is 1. The van der Waals surface area contributed by atoms with E-state index in [4.69, 9.17) is 10.5 Å². The average molecular weight is 295 g/mol. The van der Waals surface area contributed by atoms with E-state index in [-0.39, 0.29) is 12.4 Å². The van der Waals surface area contributed by atoms with Crippen LogP contribution in [0.2, 0.25) is 0 Å². The van der Waals surface area contributed by atoms with E-state index in [0.717, 1.165) is 5.56 Å². The van der Waals surface area contributed by atoms with Gasteiger partial charge in [-0.15, -0.1) is 0 Å². The van der Waals surface area contributed by atoms with Crippen molar-refractivity contribution in [3.05, 3.63) is 23.4 Å². The van der Waals surface area contributed by atoms with Gasteiger partial charge in [0.2, 0.25) is 0 Å². The number of nitrogen functional groups attached to an aromatic ring is 1. The number of likely N-dealkylation sites (N-methyl/N-ethyl adjacent to an activating group) is 1. The lowest BCUT2D eigenvalue weighted by Gasteiger charge is -2.22. The van der Waals surface area contributed by atoms with Crippen molar-refractivity contribution in [2.24, 2.45) is 0 Å². The van der Waals surface area contributed by atoms with Crippen LogP contribution in [0, 0.1) is 6.92 Å². The van der Waals surface area contributed by atoms with Crippen LogP contribution in [0.5, 0.6) is 0 Å². The molecule has 114 valence electrons. The van der Waals surface area contributed by atoms with E-state index < -0.39 is 25.0 Å². The molecule has 0 spiro atoms. The standard InChI is InChI=1S/C12H17F4N3O/c1-7-3-4-19-10(17)9(7)8(18-2)5-20-6-12(15,16)11(13)14/h3-4,8,11,18H,5-6H2,1-2H3,(H2,17,19). The number of nitrogens with one attached hydrogen (secondary N) is 1. The largest absolute Gasteiger partial charge is 0.383 e. The molecule has 20 heavy (non-hydrogen) atoms. The number of alkyl halides is 4. The average Bonchev–Trinajstić information content (AvgIpc) is 2.36. The van der Waals surface area contributed by atoms with Crippen molar-refractivity contribution in [2.75, 3.05) is 26.0 Å². The van der Waals surface area contributed by atoms with E-state index in [9.17, 15) is 17.6 Å². The lowest BCUT2D eigenvalue weighted by Crippen LogP contribution is -2.34. The zero-order valence-electron chi connectivity index (χ0n) is 11.2. The van der Waals surface area contributed by atoms with Gasteiger partial charge in [-0.05, 0) is 25.6 Å². The number of anilines is 1. The van der Waals surface area contributed by atoms with Crippen LogP contribution in [0.3, 0.4) is 0 Å². The normalized spacial score (nSPS) is 13.8. The predicted octanol–water partition coefficient (Wildman–Crippen LogP) is 2.15. The summed E-state index contributed by atoms with van der Waals surface area (Å²) in [5.41, 5.74) is 7.14. The molecule has 1 atom stereocenters. The van der Waals surface area contributed by atoms with Gasteiger partial charge >= 0.3 is 12.3 Å². The number of hydrogen-bond donors (Lipinski definition) is 2. The minimum Gasteiger partial charge on any atom is -0.383 e. The first-order valence-corrected chi connectivity index (χ1v) is 5.91. The van der Waals surface area contributed by atoms with Crippen molar-refractivity contribution in [1.82, 2.24) is 10.3 Å². The first kappa shape index (κ1) is 16.6.